The van der Waals surface area contributed by atoms with Gasteiger partial charge in [-0.3, -0.25) is 0 Å². The first-order valence-corrected chi connectivity index (χ1v) is 20.1. The molecule has 0 radical (unpaired) electrons. The largest absolute Gasteiger partial charge is 0.310 e. The van der Waals surface area contributed by atoms with E-state index in [1.807, 2.05) is 0 Å². The van der Waals surface area contributed by atoms with Crippen molar-refractivity contribution in [3.8, 4) is 0 Å². The summed E-state index contributed by atoms with van der Waals surface area (Å²) in [7, 11) is 0. The lowest BCUT2D eigenvalue weighted by Gasteiger charge is -2.32. The lowest BCUT2D eigenvalue weighted by atomic mass is 9.84. The predicted molar refractivity (Wildman–Crippen MR) is 235 cm³/mol. The van der Waals surface area contributed by atoms with E-state index in [1.54, 1.807) is 0 Å². The summed E-state index contributed by atoms with van der Waals surface area (Å²) in [6.45, 7) is 18.1. The maximum Gasteiger partial charge on any atom is 0.0540 e. The van der Waals surface area contributed by atoms with Crippen LogP contribution in [0, 0.1) is 0 Å². The lowest BCUT2D eigenvalue weighted by molar-refractivity contribution is 0.865. The molecule has 272 valence electrons. The van der Waals surface area contributed by atoms with Crippen molar-refractivity contribution < 1.29 is 0 Å². The van der Waals surface area contributed by atoms with Crippen molar-refractivity contribution in [1.82, 2.24) is 0 Å². The standard InChI is InChI=1S/C52H54N2/c1-33(2)37-9-21-43(22-10-37)53(44-23-11-38(12-24-44)34(3)4)49-31-19-41-18-30-48-50(32-20-42-17-29-47(49)51(41)52(42)48)54(45-25-13-39(14-26-45)35(5)6)46-27-15-40(16-28-46)36(7)8/h9-17,19-29,31-36H,18,30H2,1-8H3. The monoisotopic (exact) mass is 706 g/mol. The molecule has 1 aliphatic carbocycles. The van der Waals surface area contributed by atoms with Crippen LogP contribution >= 0.6 is 0 Å². The number of hydrogen-bond acceptors (Lipinski definition) is 2. The van der Waals surface area contributed by atoms with Crippen LogP contribution in [0.3, 0.4) is 0 Å². The molecule has 8 rings (SSSR count). The van der Waals surface area contributed by atoms with Crippen molar-refractivity contribution in [1.29, 1.82) is 0 Å². The Hall–Kier alpha value is -5.34. The van der Waals surface area contributed by atoms with Gasteiger partial charge in [0.15, 0.2) is 0 Å². The Morgan fingerprint density at radius 1 is 0.352 bits per heavy atom. The number of anilines is 6. The van der Waals surface area contributed by atoms with Crippen molar-refractivity contribution in [2.24, 2.45) is 0 Å². The minimum Gasteiger partial charge on any atom is -0.310 e. The molecular formula is C52H54N2. The van der Waals surface area contributed by atoms with Crippen LogP contribution in [0.25, 0.3) is 21.5 Å². The van der Waals surface area contributed by atoms with Gasteiger partial charge in [-0.2, -0.15) is 0 Å². The molecular weight excluding hydrogens is 653 g/mol. The van der Waals surface area contributed by atoms with E-state index in [4.69, 9.17) is 0 Å². The molecule has 0 atom stereocenters. The average molecular weight is 707 g/mol. The van der Waals surface area contributed by atoms with Crippen LogP contribution in [0.2, 0.25) is 0 Å². The highest BCUT2D eigenvalue weighted by molar-refractivity contribution is 6.17. The predicted octanol–water partition coefficient (Wildman–Crippen LogP) is 15.5. The van der Waals surface area contributed by atoms with Gasteiger partial charge in [-0.05, 0) is 147 Å². The zero-order valence-corrected chi connectivity index (χ0v) is 33.3. The number of aryl methyl sites for hydroxylation is 2. The zero-order chi connectivity index (χ0) is 37.7. The molecule has 0 aromatic heterocycles. The first-order valence-electron chi connectivity index (χ1n) is 20.1. The second-order valence-electron chi connectivity index (χ2n) is 16.5. The van der Waals surface area contributed by atoms with E-state index in [0.29, 0.717) is 23.7 Å². The second kappa shape index (κ2) is 14.5. The van der Waals surface area contributed by atoms with E-state index in [0.717, 1.165) is 12.8 Å². The van der Waals surface area contributed by atoms with E-state index in [2.05, 4.69) is 199 Å². The minimum absolute atomic E-state index is 0.482. The maximum absolute atomic E-state index is 2.50. The number of nitrogens with zero attached hydrogens (tertiary/aromatic N) is 2. The molecule has 2 nitrogen and oxygen atoms in total. The first-order chi connectivity index (χ1) is 26.1. The molecule has 7 aromatic rings. The normalized spacial score (nSPS) is 12.6. The van der Waals surface area contributed by atoms with Crippen LogP contribution in [0.5, 0.6) is 0 Å². The zero-order valence-electron chi connectivity index (χ0n) is 33.3. The van der Waals surface area contributed by atoms with Gasteiger partial charge < -0.3 is 9.80 Å². The van der Waals surface area contributed by atoms with Gasteiger partial charge in [0.25, 0.3) is 0 Å². The van der Waals surface area contributed by atoms with Crippen LogP contribution in [-0.2, 0) is 12.8 Å². The minimum atomic E-state index is 0.482. The molecule has 0 unspecified atom stereocenters. The van der Waals surface area contributed by atoms with Crippen molar-refractivity contribution in [3.63, 3.8) is 0 Å². The number of rotatable bonds is 10. The molecule has 1 aliphatic rings. The summed E-state index contributed by atoms with van der Waals surface area (Å²) in [5.41, 5.74) is 15.5. The first kappa shape index (κ1) is 35.7. The fourth-order valence-corrected chi connectivity index (χ4v) is 8.39. The van der Waals surface area contributed by atoms with Gasteiger partial charge in [0.2, 0.25) is 0 Å². The van der Waals surface area contributed by atoms with Gasteiger partial charge in [0.05, 0.1) is 5.69 Å². The van der Waals surface area contributed by atoms with Crippen molar-refractivity contribution in [3.05, 3.63) is 167 Å². The smallest absolute Gasteiger partial charge is 0.0540 e. The molecule has 0 aliphatic heterocycles. The third-order valence-electron chi connectivity index (χ3n) is 11.7. The van der Waals surface area contributed by atoms with Crippen LogP contribution in [0.15, 0.2) is 133 Å². The van der Waals surface area contributed by atoms with Crippen molar-refractivity contribution in [2.45, 2.75) is 91.9 Å². The Balaban J connectivity index is 1.35. The quantitative estimate of drug-likeness (QED) is 0.131. The Morgan fingerprint density at radius 3 is 1.13 bits per heavy atom. The van der Waals surface area contributed by atoms with Gasteiger partial charge in [-0.1, -0.05) is 128 Å². The molecule has 7 aromatic carbocycles. The van der Waals surface area contributed by atoms with Crippen LogP contribution < -0.4 is 9.80 Å². The van der Waals surface area contributed by atoms with Crippen molar-refractivity contribution >= 4 is 55.7 Å². The second-order valence-corrected chi connectivity index (χ2v) is 16.5. The molecule has 0 fully saturated rings. The Kier molecular flexibility index (Phi) is 9.57. The molecule has 0 N–H and O–H groups in total. The van der Waals surface area contributed by atoms with Crippen molar-refractivity contribution in [2.75, 3.05) is 9.80 Å². The highest BCUT2D eigenvalue weighted by Crippen LogP contribution is 2.48. The number of benzene rings is 7. The van der Waals surface area contributed by atoms with Gasteiger partial charge in [-0.15, -0.1) is 0 Å². The summed E-state index contributed by atoms with van der Waals surface area (Å²) in [5, 5.41) is 5.38. The fourth-order valence-electron chi connectivity index (χ4n) is 8.39. The molecule has 0 spiro atoms. The summed E-state index contributed by atoms with van der Waals surface area (Å²) in [6, 6.07) is 51.0. The SMILES string of the molecule is CC(C)c1ccc(N(c2ccc(C(C)C)cc2)c2ccc3ccc4c(N(c5ccc(C(C)C)cc5)c5ccc(C(C)C)cc5)ccc5c4c3c2CC5)cc1. The third kappa shape index (κ3) is 6.47. The van der Waals surface area contributed by atoms with Crippen LogP contribution in [0.1, 0.15) is 112 Å². The molecule has 0 amide bonds. The van der Waals surface area contributed by atoms with Crippen LogP contribution in [-0.4, -0.2) is 0 Å². The topological polar surface area (TPSA) is 6.48 Å². The highest BCUT2D eigenvalue weighted by Gasteiger charge is 2.26. The van der Waals surface area contributed by atoms with Crippen LogP contribution in [0.4, 0.5) is 34.1 Å². The Bertz CT molecular complexity index is 2310. The summed E-state index contributed by atoms with van der Waals surface area (Å²) < 4.78 is 0. The molecule has 0 heterocycles. The summed E-state index contributed by atoms with van der Waals surface area (Å²) in [6.07, 6.45) is 2.01. The van der Waals surface area contributed by atoms with Gasteiger partial charge in [0, 0.05) is 33.8 Å². The van der Waals surface area contributed by atoms with E-state index in [9.17, 15) is 0 Å². The van der Waals surface area contributed by atoms with E-state index >= 15 is 0 Å². The summed E-state index contributed by atoms with van der Waals surface area (Å²) in [5.74, 6) is 1.94. The molecule has 0 bridgehead atoms. The van der Waals surface area contributed by atoms with E-state index in [-0.39, 0.29) is 0 Å². The van der Waals surface area contributed by atoms with Gasteiger partial charge in [-0.25, -0.2) is 0 Å². The molecule has 54 heavy (non-hydrogen) atoms. The fraction of sp³-hybridized carbons (Fsp3) is 0.269. The molecule has 0 saturated carbocycles. The van der Waals surface area contributed by atoms with Gasteiger partial charge >= 0.3 is 0 Å². The van der Waals surface area contributed by atoms with Gasteiger partial charge in [0.1, 0.15) is 0 Å². The van der Waals surface area contributed by atoms with E-state index < -0.39 is 0 Å². The maximum atomic E-state index is 2.50. The average Bonchev–Trinajstić information content (AvgIpc) is 3.18. The number of hydrogen-bond donors (Lipinski definition) is 0. The molecule has 2 heteroatoms. The summed E-state index contributed by atoms with van der Waals surface area (Å²) >= 11 is 0. The third-order valence-corrected chi connectivity index (χ3v) is 11.7. The van der Waals surface area contributed by atoms with E-state index in [1.165, 1.54) is 89.0 Å². The Labute approximate surface area is 323 Å². The molecule has 0 saturated heterocycles. The lowest BCUT2D eigenvalue weighted by Crippen LogP contribution is -2.15. The summed E-state index contributed by atoms with van der Waals surface area (Å²) in [4.78, 5) is 4.96. The highest BCUT2D eigenvalue weighted by atomic mass is 15.1. The Morgan fingerprint density at radius 2 is 0.722 bits per heavy atom.